The number of hydrogen-bond acceptors (Lipinski definition) is 4. The number of aryl methyl sites for hydroxylation is 1. The summed E-state index contributed by atoms with van der Waals surface area (Å²) in [6, 6.07) is 10.9. The Bertz CT molecular complexity index is 868. The summed E-state index contributed by atoms with van der Waals surface area (Å²) < 4.78 is 39.3. The summed E-state index contributed by atoms with van der Waals surface area (Å²) in [5.74, 6) is -0.347. The Hall–Kier alpha value is -0.414. The third-order valence-corrected chi connectivity index (χ3v) is 5.92. The van der Waals surface area contributed by atoms with E-state index in [9.17, 15) is 18.1 Å². The molecule has 0 bridgehead atoms. The molecule has 0 aliphatic heterocycles. The Morgan fingerprint density at radius 1 is 0.833 bits per heavy atom. The first-order valence-electron chi connectivity index (χ1n) is 10.5. The molecule has 5 nitrogen and oxygen atoms in total. The molecular formula is C23H31KO5S. The normalized spacial score (nSPS) is 11.1. The minimum absolute atomic E-state index is 0. The van der Waals surface area contributed by atoms with Gasteiger partial charge in [0.25, 0.3) is 10.1 Å². The van der Waals surface area contributed by atoms with Crippen LogP contribution >= 0.6 is 0 Å². The molecule has 2 rings (SSSR count). The molecule has 0 aliphatic carbocycles. The van der Waals surface area contributed by atoms with Crippen molar-refractivity contribution in [2.45, 2.75) is 76.0 Å². The van der Waals surface area contributed by atoms with Gasteiger partial charge in [-0.1, -0.05) is 94.4 Å². The van der Waals surface area contributed by atoms with E-state index in [1.807, 2.05) is 0 Å². The molecule has 0 spiro atoms. The van der Waals surface area contributed by atoms with Crippen molar-refractivity contribution in [2.24, 2.45) is 0 Å². The van der Waals surface area contributed by atoms with Gasteiger partial charge in [-0.3, -0.25) is 4.55 Å². The van der Waals surface area contributed by atoms with Gasteiger partial charge in [-0.15, -0.1) is 0 Å². The van der Waals surface area contributed by atoms with E-state index in [0.717, 1.165) is 19.3 Å². The molecule has 0 heterocycles. The van der Waals surface area contributed by atoms with Gasteiger partial charge in [-0.05, 0) is 30.5 Å². The van der Waals surface area contributed by atoms with E-state index in [1.54, 1.807) is 24.3 Å². The van der Waals surface area contributed by atoms with E-state index in [-0.39, 0.29) is 73.5 Å². The Labute approximate surface area is 223 Å². The third kappa shape index (κ3) is 9.38. The molecule has 2 aromatic carbocycles. The van der Waals surface area contributed by atoms with Crippen LogP contribution in [0.1, 0.15) is 70.3 Å². The van der Waals surface area contributed by atoms with E-state index >= 15 is 0 Å². The van der Waals surface area contributed by atoms with E-state index in [4.69, 9.17) is 4.74 Å². The van der Waals surface area contributed by atoms with E-state index in [2.05, 4.69) is 6.92 Å². The van der Waals surface area contributed by atoms with Crippen molar-refractivity contribution >= 4 is 10.1 Å². The van der Waals surface area contributed by atoms with Gasteiger partial charge in [0.2, 0.25) is 0 Å². The minimum atomic E-state index is -4.48. The SMILES string of the molecule is CCCCCCCCCCCc1cccc(Oc2ccccc2[O-])c1S(=O)(=O)O.[K+]. The summed E-state index contributed by atoms with van der Waals surface area (Å²) in [6.45, 7) is 2.21. The van der Waals surface area contributed by atoms with Crippen molar-refractivity contribution in [2.75, 3.05) is 0 Å². The minimum Gasteiger partial charge on any atom is -0.870 e. The van der Waals surface area contributed by atoms with Crippen molar-refractivity contribution in [3.8, 4) is 17.2 Å². The van der Waals surface area contributed by atoms with E-state index in [0.29, 0.717) is 12.0 Å². The number of benzene rings is 2. The fourth-order valence-electron chi connectivity index (χ4n) is 3.41. The van der Waals surface area contributed by atoms with Crippen molar-refractivity contribution in [3.05, 3.63) is 48.0 Å². The number of hydrogen-bond donors (Lipinski definition) is 1. The molecule has 30 heavy (non-hydrogen) atoms. The summed E-state index contributed by atoms with van der Waals surface area (Å²) in [6.07, 6.45) is 11.1. The van der Waals surface area contributed by atoms with Crippen molar-refractivity contribution in [1.82, 2.24) is 0 Å². The molecular weight excluding hydrogens is 427 g/mol. The van der Waals surface area contributed by atoms with Gasteiger partial charge >= 0.3 is 51.4 Å². The summed E-state index contributed by atoms with van der Waals surface area (Å²) in [4.78, 5) is -0.247. The van der Waals surface area contributed by atoms with Gasteiger partial charge in [0.05, 0.1) is 0 Å². The monoisotopic (exact) mass is 458 g/mol. The fourth-order valence-corrected chi connectivity index (χ4v) is 4.28. The second kappa shape index (κ2) is 14.6. The zero-order valence-corrected chi connectivity index (χ0v) is 22.0. The van der Waals surface area contributed by atoms with Crippen molar-refractivity contribution in [3.63, 3.8) is 0 Å². The van der Waals surface area contributed by atoms with Crippen LogP contribution in [0.25, 0.3) is 0 Å². The smallest absolute Gasteiger partial charge is 0.870 e. The second-order valence-corrected chi connectivity index (χ2v) is 8.71. The molecule has 0 radical (unpaired) electrons. The number of unbranched alkanes of at least 4 members (excludes halogenated alkanes) is 8. The Morgan fingerprint density at radius 3 is 2.00 bits per heavy atom. The molecule has 0 aliphatic rings. The Morgan fingerprint density at radius 2 is 1.40 bits per heavy atom. The molecule has 1 N–H and O–H groups in total. The molecule has 0 atom stereocenters. The summed E-state index contributed by atoms with van der Waals surface area (Å²) in [5.41, 5.74) is 0.510. The van der Waals surface area contributed by atoms with Crippen molar-refractivity contribution in [1.29, 1.82) is 0 Å². The molecule has 0 aromatic heterocycles. The largest absolute Gasteiger partial charge is 1.00 e. The summed E-state index contributed by atoms with van der Waals surface area (Å²) in [7, 11) is -4.48. The van der Waals surface area contributed by atoms with Crippen LogP contribution in [0.5, 0.6) is 17.2 Å². The average molecular weight is 459 g/mol. The summed E-state index contributed by atoms with van der Waals surface area (Å²) >= 11 is 0. The van der Waals surface area contributed by atoms with Crippen molar-refractivity contribution < 1.29 is 74.2 Å². The van der Waals surface area contributed by atoms with Crippen LogP contribution in [0, 0.1) is 0 Å². The first kappa shape index (κ1) is 27.6. The first-order chi connectivity index (χ1) is 13.9. The predicted octanol–water partition coefficient (Wildman–Crippen LogP) is 2.88. The molecule has 7 heteroatoms. The van der Waals surface area contributed by atoms with Crippen LogP contribution in [0.2, 0.25) is 0 Å². The predicted molar refractivity (Wildman–Crippen MR) is 113 cm³/mol. The maximum atomic E-state index is 12.0. The zero-order chi connectivity index (χ0) is 21.1. The molecule has 2 aromatic rings. The quantitative estimate of drug-likeness (QED) is 0.283. The molecule has 0 amide bonds. The molecule has 0 fully saturated rings. The van der Waals surface area contributed by atoms with E-state index < -0.39 is 10.1 Å². The van der Waals surface area contributed by atoms with Gasteiger partial charge in [0, 0.05) is 0 Å². The Kier molecular flexibility index (Phi) is 13.5. The average Bonchev–Trinajstić information content (AvgIpc) is 2.67. The van der Waals surface area contributed by atoms with Gasteiger partial charge in [-0.25, -0.2) is 0 Å². The zero-order valence-electron chi connectivity index (χ0n) is 18.1. The maximum absolute atomic E-state index is 12.0. The van der Waals surface area contributed by atoms with Gasteiger partial charge in [0.15, 0.2) is 0 Å². The number of rotatable bonds is 13. The van der Waals surface area contributed by atoms with Crippen LogP contribution < -0.4 is 61.2 Å². The first-order valence-corrected chi connectivity index (χ1v) is 11.9. The van der Waals surface area contributed by atoms with E-state index in [1.165, 1.54) is 56.7 Å². The van der Waals surface area contributed by atoms with Gasteiger partial charge in [0.1, 0.15) is 16.4 Å². The van der Waals surface area contributed by atoms with Gasteiger partial charge < -0.3 is 9.84 Å². The second-order valence-electron chi connectivity index (χ2n) is 7.35. The number of para-hydroxylation sites is 2. The fraction of sp³-hybridized carbons (Fsp3) is 0.478. The molecule has 0 saturated heterocycles. The van der Waals surface area contributed by atoms with Crippen LogP contribution in [0.3, 0.4) is 0 Å². The van der Waals surface area contributed by atoms with Crippen LogP contribution in [-0.2, 0) is 16.5 Å². The van der Waals surface area contributed by atoms with Crippen LogP contribution in [-0.4, -0.2) is 13.0 Å². The van der Waals surface area contributed by atoms with Gasteiger partial charge in [-0.2, -0.15) is 8.42 Å². The van der Waals surface area contributed by atoms with Crippen LogP contribution in [0.15, 0.2) is 47.4 Å². The third-order valence-electron chi connectivity index (χ3n) is 4.94. The Balaban J connectivity index is 0.00000450. The summed E-state index contributed by atoms with van der Waals surface area (Å²) in [5, 5.41) is 11.9. The molecule has 160 valence electrons. The molecule has 0 saturated carbocycles. The standard InChI is InChI=1S/C23H32O5S.K/c1-2-3-4-5-6-7-8-9-10-14-19-15-13-18-22(23(19)29(25,26)27)28-21-17-12-11-16-20(21)24;/h11-13,15-18,24H,2-10,14H2,1H3,(H,25,26,27);/q;+1/p-1. The maximum Gasteiger partial charge on any atom is 1.00 e. The molecule has 0 unspecified atom stereocenters. The van der Waals surface area contributed by atoms with Crippen LogP contribution in [0.4, 0.5) is 0 Å². The number of ether oxygens (including phenoxy) is 1. The topological polar surface area (TPSA) is 86.7 Å².